The van der Waals surface area contributed by atoms with Crippen molar-refractivity contribution < 1.29 is 19.4 Å². The highest BCUT2D eigenvalue weighted by atomic mass is 16.4. The van der Waals surface area contributed by atoms with E-state index in [1.165, 1.54) is 18.2 Å². The van der Waals surface area contributed by atoms with Crippen molar-refractivity contribution in [1.29, 1.82) is 0 Å². The molecule has 2 aromatic heterocycles. The monoisotopic (exact) mass is 335 g/mol. The molecular formula is C19H13NO5. The fourth-order valence-corrected chi connectivity index (χ4v) is 2.87. The molecule has 0 aliphatic carbocycles. The van der Waals surface area contributed by atoms with Gasteiger partial charge < -0.3 is 19.6 Å². The van der Waals surface area contributed by atoms with E-state index in [0.29, 0.717) is 27.8 Å². The minimum absolute atomic E-state index is 0.0259. The molecule has 0 amide bonds. The van der Waals surface area contributed by atoms with Gasteiger partial charge in [-0.25, -0.2) is 4.79 Å². The number of carboxylic acid groups (broad SMARTS) is 1. The van der Waals surface area contributed by atoms with Gasteiger partial charge in [-0.15, -0.1) is 0 Å². The van der Waals surface area contributed by atoms with E-state index in [9.17, 15) is 14.7 Å². The van der Waals surface area contributed by atoms with Gasteiger partial charge in [0.2, 0.25) is 5.43 Å². The first kappa shape index (κ1) is 15.2. The van der Waals surface area contributed by atoms with Crippen LogP contribution in [0, 0.1) is 0 Å². The highest BCUT2D eigenvalue weighted by Gasteiger charge is 2.15. The minimum Gasteiger partial charge on any atom is -0.478 e. The van der Waals surface area contributed by atoms with Gasteiger partial charge in [0.05, 0.1) is 16.3 Å². The molecule has 0 fully saturated rings. The van der Waals surface area contributed by atoms with Gasteiger partial charge in [0, 0.05) is 11.9 Å². The van der Waals surface area contributed by atoms with Crippen LogP contribution in [0.15, 0.2) is 63.9 Å². The van der Waals surface area contributed by atoms with E-state index in [2.05, 4.69) is 4.98 Å². The minimum atomic E-state index is -1.11. The Morgan fingerprint density at radius 1 is 1.04 bits per heavy atom. The predicted octanol–water partition coefficient (Wildman–Crippen LogP) is 3.05. The van der Waals surface area contributed by atoms with Crippen LogP contribution < -0.4 is 5.43 Å². The number of aromatic nitrogens is 1. The second kappa shape index (κ2) is 5.61. The summed E-state index contributed by atoms with van der Waals surface area (Å²) in [5.41, 5.74) is 1.57. The topological polar surface area (TPSA) is 104 Å². The Labute approximate surface area is 141 Å². The van der Waals surface area contributed by atoms with Crippen molar-refractivity contribution in [2.45, 2.75) is 6.10 Å². The molecule has 0 aliphatic rings. The Balaban J connectivity index is 1.91. The van der Waals surface area contributed by atoms with Crippen LogP contribution in [0.4, 0.5) is 0 Å². The number of benzene rings is 2. The third-order valence-corrected chi connectivity index (χ3v) is 4.17. The average Bonchev–Trinajstić information content (AvgIpc) is 3.15. The number of carboxylic acids is 1. The fourth-order valence-electron chi connectivity index (χ4n) is 2.87. The van der Waals surface area contributed by atoms with E-state index in [4.69, 9.17) is 9.52 Å². The predicted molar refractivity (Wildman–Crippen MR) is 91.8 cm³/mol. The van der Waals surface area contributed by atoms with E-state index < -0.39 is 12.1 Å². The fraction of sp³-hybridized carbons (Fsp3) is 0.0526. The van der Waals surface area contributed by atoms with E-state index in [1.54, 1.807) is 36.5 Å². The molecule has 1 atom stereocenters. The summed E-state index contributed by atoms with van der Waals surface area (Å²) in [4.78, 5) is 26.7. The van der Waals surface area contributed by atoms with Crippen LogP contribution in [0.2, 0.25) is 0 Å². The summed E-state index contributed by atoms with van der Waals surface area (Å²) in [7, 11) is 0. The summed E-state index contributed by atoms with van der Waals surface area (Å²) in [5, 5.41) is 20.0. The molecule has 2 heterocycles. The van der Waals surface area contributed by atoms with E-state index in [-0.39, 0.29) is 16.4 Å². The molecule has 0 saturated heterocycles. The normalized spacial score (nSPS) is 12.5. The molecule has 0 aliphatic heterocycles. The number of hydrogen-bond acceptors (Lipinski definition) is 4. The molecule has 4 aromatic rings. The highest BCUT2D eigenvalue weighted by Crippen LogP contribution is 2.26. The number of aromatic amines is 1. The number of carbonyl (C=O) groups is 1. The van der Waals surface area contributed by atoms with Gasteiger partial charge in [-0.3, -0.25) is 4.79 Å². The SMILES string of the molecule is O=C(O)c1ccc2oc3cc(C(O)c4ccc[nH]4)ccc3c(=O)c2c1. The Morgan fingerprint density at radius 2 is 1.88 bits per heavy atom. The molecule has 0 spiro atoms. The quantitative estimate of drug-likeness (QED) is 0.499. The molecule has 3 N–H and O–H groups in total. The zero-order chi connectivity index (χ0) is 17.6. The standard InChI is InChI=1S/C19H13NO5/c21-17(14-2-1-7-20-14)10-3-5-12-16(9-10)25-15-6-4-11(19(23)24)8-13(15)18(12)22/h1-9,17,20-21H,(H,23,24). The molecule has 0 radical (unpaired) electrons. The largest absolute Gasteiger partial charge is 0.478 e. The van der Waals surface area contributed by atoms with Crippen LogP contribution in [0.1, 0.15) is 27.7 Å². The molecule has 1 unspecified atom stereocenters. The van der Waals surface area contributed by atoms with E-state index >= 15 is 0 Å². The van der Waals surface area contributed by atoms with Crippen LogP contribution in [-0.2, 0) is 0 Å². The first-order valence-corrected chi connectivity index (χ1v) is 7.60. The lowest BCUT2D eigenvalue weighted by molar-refractivity contribution is 0.0697. The number of fused-ring (bicyclic) bond motifs is 2. The lowest BCUT2D eigenvalue weighted by atomic mass is 10.0. The lowest BCUT2D eigenvalue weighted by Gasteiger charge is -2.10. The Morgan fingerprint density at radius 3 is 2.60 bits per heavy atom. The van der Waals surface area contributed by atoms with Crippen molar-refractivity contribution >= 4 is 27.9 Å². The second-order valence-electron chi connectivity index (χ2n) is 5.73. The highest BCUT2D eigenvalue weighted by molar-refractivity contribution is 5.96. The van der Waals surface area contributed by atoms with Crippen LogP contribution in [-0.4, -0.2) is 21.2 Å². The second-order valence-corrected chi connectivity index (χ2v) is 5.73. The van der Waals surface area contributed by atoms with Crippen molar-refractivity contribution in [3.05, 3.63) is 81.8 Å². The zero-order valence-corrected chi connectivity index (χ0v) is 12.9. The Bertz CT molecular complexity index is 1160. The molecule has 2 aromatic carbocycles. The number of nitrogens with one attached hydrogen (secondary N) is 1. The number of aliphatic hydroxyl groups excluding tert-OH is 1. The zero-order valence-electron chi connectivity index (χ0n) is 12.9. The third-order valence-electron chi connectivity index (χ3n) is 4.17. The van der Waals surface area contributed by atoms with E-state index in [1.807, 2.05) is 0 Å². The summed E-state index contributed by atoms with van der Waals surface area (Å²) in [6.07, 6.45) is 0.850. The summed E-state index contributed by atoms with van der Waals surface area (Å²) in [6, 6.07) is 12.6. The molecule has 25 heavy (non-hydrogen) atoms. The van der Waals surface area contributed by atoms with Gasteiger partial charge in [0.25, 0.3) is 0 Å². The smallest absolute Gasteiger partial charge is 0.335 e. The number of aliphatic hydroxyl groups is 1. The van der Waals surface area contributed by atoms with Crippen molar-refractivity contribution in [2.75, 3.05) is 0 Å². The maximum atomic E-state index is 12.7. The lowest BCUT2D eigenvalue weighted by Crippen LogP contribution is -2.06. The third kappa shape index (κ3) is 2.49. The van der Waals surface area contributed by atoms with Crippen LogP contribution in [0.3, 0.4) is 0 Å². The molecule has 0 bridgehead atoms. The Hall–Kier alpha value is -3.38. The molecule has 4 rings (SSSR count). The number of aromatic carboxylic acids is 1. The molecule has 124 valence electrons. The van der Waals surface area contributed by atoms with Gasteiger partial charge in [-0.1, -0.05) is 6.07 Å². The molecule has 6 nitrogen and oxygen atoms in total. The number of rotatable bonds is 3. The molecule has 0 saturated carbocycles. The van der Waals surface area contributed by atoms with Gasteiger partial charge in [-0.05, 0) is 48.0 Å². The maximum Gasteiger partial charge on any atom is 0.335 e. The van der Waals surface area contributed by atoms with E-state index in [0.717, 1.165) is 0 Å². The van der Waals surface area contributed by atoms with Gasteiger partial charge in [0.1, 0.15) is 17.3 Å². The molecular weight excluding hydrogens is 322 g/mol. The van der Waals surface area contributed by atoms with Crippen molar-refractivity contribution in [2.24, 2.45) is 0 Å². The van der Waals surface area contributed by atoms with Crippen LogP contribution in [0.5, 0.6) is 0 Å². The van der Waals surface area contributed by atoms with Crippen molar-refractivity contribution in [1.82, 2.24) is 4.98 Å². The van der Waals surface area contributed by atoms with Crippen molar-refractivity contribution in [3.63, 3.8) is 0 Å². The van der Waals surface area contributed by atoms with Gasteiger partial charge >= 0.3 is 5.97 Å². The summed E-state index contributed by atoms with van der Waals surface area (Å²) < 4.78 is 5.76. The van der Waals surface area contributed by atoms with Gasteiger partial charge in [0.15, 0.2) is 0 Å². The van der Waals surface area contributed by atoms with Gasteiger partial charge in [-0.2, -0.15) is 0 Å². The number of hydrogen-bond donors (Lipinski definition) is 3. The Kier molecular flexibility index (Phi) is 3.40. The van der Waals surface area contributed by atoms with Crippen LogP contribution >= 0.6 is 0 Å². The van der Waals surface area contributed by atoms with Crippen LogP contribution in [0.25, 0.3) is 21.9 Å². The first-order chi connectivity index (χ1) is 12.0. The summed E-state index contributed by atoms with van der Waals surface area (Å²) in [5.74, 6) is -1.11. The van der Waals surface area contributed by atoms with Crippen molar-refractivity contribution in [3.8, 4) is 0 Å². The molecule has 6 heteroatoms. The number of H-pyrrole nitrogens is 1. The average molecular weight is 335 g/mol. The summed E-state index contributed by atoms with van der Waals surface area (Å²) in [6.45, 7) is 0. The summed E-state index contributed by atoms with van der Waals surface area (Å²) >= 11 is 0. The maximum absolute atomic E-state index is 12.7. The first-order valence-electron chi connectivity index (χ1n) is 7.60.